The number of nitrogens with one attached hydrogen (secondary N) is 1. The SMILES string of the molecule is CC[C@@H]1/C=C(\C)C[C@H](C)CC(OC)[C@H]2O[C@@](O)(C(O)C(=O)N[C@@H](CC/C=C/COC(=O)OC)C(=O)O[C@H](/C(C)=C/[C@@H]3CC[C@@H](O[Si](C)(C)C(C)(C)C)[C@H](OC)C3)[C@H](C)[C@H]3C[C@@H]1O[Si](C(C)C)(C(C)C)O[Si](C(C)C)(C(C)C)O3)[C@H](C)C[C@@H]2OC. The fourth-order valence-electron chi connectivity index (χ4n) is 13.3. The van der Waals surface area contributed by atoms with Gasteiger partial charge in [0.05, 0.1) is 43.7 Å². The van der Waals surface area contributed by atoms with E-state index in [0.29, 0.717) is 19.3 Å². The normalized spacial score (nSPS) is 35.4. The van der Waals surface area contributed by atoms with Gasteiger partial charge in [0.1, 0.15) is 24.9 Å². The Hall–Kier alpha value is -2.32. The van der Waals surface area contributed by atoms with E-state index in [-0.39, 0.29) is 89.1 Å². The van der Waals surface area contributed by atoms with Gasteiger partial charge in [0.25, 0.3) is 5.91 Å². The molecule has 16 atom stereocenters. The Balaban J connectivity index is 2.03. The van der Waals surface area contributed by atoms with Crippen LogP contribution < -0.4 is 5.32 Å². The first-order chi connectivity index (χ1) is 39.1. The molecule has 1 saturated carbocycles. The third-order valence-corrected chi connectivity index (χ3v) is 34.3. The highest BCUT2D eigenvalue weighted by Crippen LogP contribution is 2.50. The van der Waals surface area contributed by atoms with Crippen LogP contribution in [0.5, 0.6) is 0 Å². The predicted octanol–water partition coefficient (Wildman–Crippen LogP) is 12.9. The fraction of sp³-hybridized carbons (Fsp3) is 0.859. The molecule has 0 radical (unpaired) electrons. The standard InChI is InChI=1S/C64H117NO16Si3/c1-24-49-33-43(10)32-44(11)34-55(72-19)58-56(73-20)36-46(13)64(70,77-58)59(66)60(67)65-50(28-26-25-27-31-75-62(69)74-21)61(68)76-57(45(12)35-48-29-30-51(54(37-48)71-18)78-82(22,23)63(15,16)17)47(14)52-38-53(49)80-84(41(6)7,42(8)9)81-83(79-52,39(2)3)40(4)5/h25,27,33,35,39-42,44,46-59,66,70H,24,26,28-32,34,36-38H2,1-23H3,(H,65,67)/b27-25+,43-33+,45-35+/t44-,46+,47+,48-,49+,50-,51+,52+,53-,54+,55?,56-,57+,58+,59?,64+/m0/s1. The first kappa shape index (κ1) is 74.1. The van der Waals surface area contributed by atoms with Gasteiger partial charge in [0.2, 0.25) is 5.79 Å². The molecular formula is C64H117NO16Si3. The average Bonchev–Trinajstić information content (AvgIpc) is 3.41. The molecule has 1 aliphatic carbocycles. The molecule has 17 nitrogen and oxygen atoms in total. The molecule has 4 bridgehead atoms. The second-order valence-electron chi connectivity index (χ2n) is 28.0. The molecular weight excluding hydrogens is 1120 g/mol. The summed E-state index contributed by atoms with van der Waals surface area (Å²) >= 11 is 0. The van der Waals surface area contributed by atoms with Crippen LogP contribution in [0.25, 0.3) is 0 Å². The summed E-state index contributed by atoms with van der Waals surface area (Å²) in [6.45, 7) is 41.4. The molecule has 2 unspecified atom stereocenters. The van der Waals surface area contributed by atoms with Crippen LogP contribution in [-0.2, 0) is 60.1 Å². The van der Waals surface area contributed by atoms with Crippen LogP contribution in [0.3, 0.4) is 0 Å². The van der Waals surface area contributed by atoms with Crippen molar-refractivity contribution in [1.29, 1.82) is 0 Å². The summed E-state index contributed by atoms with van der Waals surface area (Å²) in [6, 6.07) is -1.34. The maximum Gasteiger partial charge on any atom is 0.508 e. The molecule has 3 fully saturated rings. The smallest absolute Gasteiger partial charge is 0.456 e. The zero-order valence-electron chi connectivity index (χ0n) is 56.2. The van der Waals surface area contributed by atoms with Crippen molar-refractivity contribution >= 4 is 43.5 Å². The lowest BCUT2D eigenvalue weighted by Crippen LogP contribution is -2.66. The Morgan fingerprint density at radius 2 is 1.40 bits per heavy atom. The Morgan fingerprint density at radius 1 is 0.833 bits per heavy atom. The lowest BCUT2D eigenvalue weighted by molar-refractivity contribution is -0.345. The number of methoxy groups -OCH3 is 4. The van der Waals surface area contributed by atoms with E-state index in [1.807, 2.05) is 6.92 Å². The highest BCUT2D eigenvalue weighted by atomic mass is 28.5. The molecule has 0 aromatic carbocycles. The average molecular weight is 1240 g/mol. The third kappa shape index (κ3) is 18.2. The molecule has 486 valence electrons. The second kappa shape index (κ2) is 31.9. The van der Waals surface area contributed by atoms with Crippen molar-refractivity contribution in [3.63, 3.8) is 0 Å². The number of carbonyl (C=O) groups is 3. The van der Waals surface area contributed by atoms with Crippen LogP contribution in [0, 0.1) is 29.6 Å². The monoisotopic (exact) mass is 1240 g/mol. The van der Waals surface area contributed by atoms with E-state index >= 15 is 4.79 Å². The van der Waals surface area contributed by atoms with Crippen molar-refractivity contribution in [1.82, 2.24) is 5.32 Å². The fourth-order valence-corrected chi connectivity index (χ4v) is 26.1. The molecule has 2 saturated heterocycles. The van der Waals surface area contributed by atoms with Crippen LogP contribution in [0.15, 0.2) is 35.5 Å². The van der Waals surface area contributed by atoms with E-state index in [4.69, 9.17) is 45.8 Å². The van der Waals surface area contributed by atoms with Crippen LogP contribution in [0.4, 0.5) is 4.79 Å². The van der Waals surface area contributed by atoms with Crippen LogP contribution >= 0.6 is 0 Å². The third-order valence-electron chi connectivity index (χ3n) is 19.5. The van der Waals surface area contributed by atoms with E-state index in [9.17, 15) is 19.8 Å². The first-order valence-electron chi connectivity index (χ1n) is 31.7. The van der Waals surface area contributed by atoms with Crippen LogP contribution in [0.2, 0.25) is 40.3 Å². The minimum Gasteiger partial charge on any atom is -0.456 e. The summed E-state index contributed by atoms with van der Waals surface area (Å²) in [5.74, 6) is -5.38. The van der Waals surface area contributed by atoms with Gasteiger partial charge in [-0.3, -0.25) is 4.79 Å². The number of fused-ring (bicyclic) bond motifs is 4. The second-order valence-corrected chi connectivity index (χ2v) is 41.6. The number of rotatable bonds is 17. The van der Waals surface area contributed by atoms with E-state index in [1.165, 1.54) is 12.7 Å². The van der Waals surface area contributed by atoms with E-state index < -0.39 is 104 Å². The van der Waals surface area contributed by atoms with Gasteiger partial charge in [-0.1, -0.05) is 134 Å². The van der Waals surface area contributed by atoms with Gasteiger partial charge >= 0.3 is 29.2 Å². The van der Waals surface area contributed by atoms with Crippen molar-refractivity contribution in [2.24, 2.45) is 29.6 Å². The lowest BCUT2D eigenvalue weighted by Gasteiger charge is -2.54. The molecule has 3 aliphatic heterocycles. The zero-order valence-corrected chi connectivity index (χ0v) is 59.2. The first-order valence-corrected chi connectivity index (χ1v) is 38.6. The Bertz CT molecular complexity index is 2170. The number of ether oxygens (including phenoxy) is 7. The molecule has 84 heavy (non-hydrogen) atoms. The summed E-state index contributed by atoms with van der Waals surface area (Å²) in [7, 11) is -2.35. The summed E-state index contributed by atoms with van der Waals surface area (Å²) in [6.07, 6.45) is 6.29. The number of amides is 1. The van der Waals surface area contributed by atoms with Gasteiger partial charge in [0, 0.05) is 39.1 Å². The van der Waals surface area contributed by atoms with Crippen molar-refractivity contribution in [3.05, 3.63) is 35.5 Å². The summed E-state index contributed by atoms with van der Waals surface area (Å²) in [4.78, 5) is 42.0. The molecule has 3 heterocycles. The Morgan fingerprint density at radius 3 is 1.94 bits per heavy atom. The van der Waals surface area contributed by atoms with Crippen LogP contribution in [0.1, 0.15) is 182 Å². The number of carbonyl (C=O) groups excluding carboxylic acids is 3. The lowest BCUT2D eigenvalue weighted by atomic mass is 9.81. The van der Waals surface area contributed by atoms with Crippen molar-refractivity contribution < 1.29 is 75.1 Å². The molecule has 1 amide bonds. The molecule has 20 heteroatoms. The number of esters is 1. The molecule has 4 aliphatic rings. The number of allylic oxidation sites excluding steroid dienone is 3. The summed E-state index contributed by atoms with van der Waals surface area (Å²) < 4.78 is 72.4. The van der Waals surface area contributed by atoms with Crippen molar-refractivity contribution in [2.75, 3.05) is 35.0 Å². The van der Waals surface area contributed by atoms with Crippen molar-refractivity contribution in [3.8, 4) is 0 Å². The number of hydrogen-bond acceptors (Lipinski definition) is 16. The quantitative estimate of drug-likeness (QED) is 0.0703. The maximum absolute atomic E-state index is 15.5. The van der Waals surface area contributed by atoms with Gasteiger partial charge in [-0.05, 0) is 136 Å². The summed E-state index contributed by atoms with van der Waals surface area (Å²) in [5, 5.41) is 27.5. The maximum atomic E-state index is 15.5. The molecule has 4 rings (SSSR count). The van der Waals surface area contributed by atoms with E-state index in [2.05, 4.69) is 139 Å². The zero-order chi connectivity index (χ0) is 63.4. The van der Waals surface area contributed by atoms with E-state index in [1.54, 1.807) is 40.4 Å². The molecule has 0 aromatic rings. The Labute approximate surface area is 510 Å². The van der Waals surface area contributed by atoms with Gasteiger partial charge in [0.15, 0.2) is 14.4 Å². The minimum atomic E-state index is -3.25. The topological polar surface area (TPSA) is 205 Å². The molecule has 0 aromatic heterocycles. The summed E-state index contributed by atoms with van der Waals surface area (Å²) in [5.41, 5.74) is 2.23. The Kier molecular flexibility index (Phi) is 28.2. The van der Waals surface area contributed by atoms with Crippen molar-refractivity contribution in [2.45, 2.75) is 289 Å². The van der Waals surface area contributed by atoms with E-state index in [0.717, 1.165) is 31.3 Å². The van der Waals surface area contributed by atoms with Crippen LogP contribution in [-0.4, -0.2) is 155 Å². The predicted molar refractivity (Wildman–Crippen MR) is 336 cm³/mol. The number of aliphatic hydroxyl groups excluding tert-OH is 1. The van der Waals surface area contributed by atoms with Gasteiger partial charge in [-0.25, -0.2) is 9.59 Å². The molecule has 3 N–H and O–H groups in total. The van der Waals surface area contributed by atoms with Gasteiger partial charge in [-0.15, -0.1) is 0 Å². The highest BCUT2D eigenvalue weighted by molar-refractivity contribution is 6.84. The van der Waals surface area contributed by atoms with Gasteiger partial charge in [-0.2, -0.15) is 0 Å². The number of aliphatic hydroxyl groups is 2. The highest BCUT2D eigenvalue weighted by Gasteiger charge is 2.61. The largest absolute Gasteiger partial charge is 0.508 e. The number of hydrogen-bond donors (Lipinski definition) is 3. The molecule has 0 spiro atoms. The number of cyclic esters (lactones) is 1. The minimum absolute atomic E-state index is 0.0118. The van der Waals surface area contributed by atoms with Gasteiger partial charge < -0.3 is 66.1 Å².